The molecule has 0 radical (unpaired) electrons. The summed E-state index contributed by atoms with van der Waals surface area (Å²) in [6.45, 7) is 2.02. The number of aromatic nitrogens is 2. The maximum atomic E-state index is 5.86. The van der Waals surface area contributed by atoms with Gasteiger partial charge in [0.15, 0.2) is 5.82 Å². The lowest BCUT2D eigenvalue weighted by Gasteiger charge is -2.09. The third-order valence-corrected chi connectivity index (χ3v) is 2.32. The monoisotopic (exact) mass is 230 g/mol. The fourth-order valence-corrected chi connectivity index (χ4v) is 1.38. The van der Waals surface area contributed by atoms with Gasteiger partial charge in [0, 0.05) is 7.05 Å². The summed E-state index contributed by atoms with van der Waals surface area (Å²) in [4.78, 5) is 7.99. The Morgan fingerprint density at radius 1 is 1.18 bits per heavy atom. The van der Waals surface area contributed by atoms with Crippen LogP contribution in [0.3, 0.4) is 0 Å². The van der Waals surface area contributed by atoms with E-state index in [2.05, 4.69) is 15.3 Å². The van der Waals surface area contributed by atoms with Crippen molar-refractivity contribution >= 4 is 11.5 Å². The zero-order valence-corrected chi connectivity index (χ0v) is 9.77. The molecule has 17 heavy (non-hydrogen) atoms. The smallest absolute Gasteiger partial charge is 0.248 e. The number of nitrogens with one attached hydrogen (secondary N) is 1. The van der Waals surface area contributed by atoms with Crippen molar-refractivity contribution in [1.29, 1.82) is 0 Å². The molecule has 1 aromatic heterocycles. The third kappa shape index (κ3) is 2.44. The number of aryl methyl sites for hydroxylation is 1. The van der Waals surface area contributed by atoms with E-state index in [9.17, 15) is 0 Å². The number of hydrogen-bond donors (Lipinski definition) is 2. The molecule has 1 heterocycles. The van der Waals surface area contributed by atoms with E-state index < -0.39 is 0 Å². The van der Waals surface area contributed by atoms with E-state index in [1.54, 1.807) is 7.05 Å². The largest absolute Gasteiger partial charge is 0.437 e. The maximum Gasteiger partial charge on any atom is 0.248 e. The molecule has 88 valence electrons. The average molecular weight is 230 g/mol. The molecule has 0 fully saturated rings. The van der Waals surface area contributed by atoms with Gasteiger partial charge in [-0.1, -0.05) is 17.7 Å². The summed E-state index contributed by atoms with van der Waals surface area (Å²) in [5.41, 5.74) is 7.43. The molecule has 0 bridgehead atoms. The SMILES string of the molecule is CNc1ncnc(Oc2ccc(C)cc2)c1N. The molecule has 0 aliphatic carbocycles. The normalized spacial score (nSPS) is 10.0. The summed E-state index contributed by atoms with van der Waals surface area (Å²) in [6, 6.07) is 7.67. The number of anilines is 2. The van der Waals surface area contributed by atoms with Gasteiger partial charge < -0.3 is 15.8 Å². The number of ether oxygens (including phenoxy) is 1. The lowest BCUT2D eigenvalue weighted by atomic mass is 10.2. The summed E-state index contributed by atoms with van der Waals surface area (Å²) in [5, 5.41) is 2.87. The van der Waals surface area contributed by atoms with Crippen LogP contribution in [0.5, 0.6) is 11.6 Å². The Labute approximate surface area is 99.7 Å². The number of hydrogen-bond acceptors (Lipinski definition) is 5. The number of nitrogen functional groups attached to an aromatic ring is 1. The van der Waals surface area contributed by atoms with E-state index in [0.717, 1.165) is 0 Å². The van der Waals surface area contributed by atoms with Crippen LogP contribution in [0.4, 0.5) is 11.5 Å². The molecule has 5 heteroatoms. The molecule has 0 saturated carbocycles. The standard InChI is InChI=1S/C12H14N4O/c1-8-3-5-9(6-4-8)17-12-10(13)11(14-2)15-7-16-12/h3-7H,13H2,1-2H3,(H,14,15,16). The van der Waals surface area contributed by atoms with Crippen molar-refractivity contribution in [3.05, 3.63) is 36.2 Å². The van der Waals surface area contributed by atoms with Gasteiger partial charge in [-0.05, 0) is 19.1 Å². The van der Waals surface area contributed by atoms with E-state index >= 15 is 0 Å². The number of nitrogens with two attached hydrogens (primary N) is 1. The zero-order chi connectivity index (χ0) is 12.3. The Balaban J connectivity index is 2.27. The number of rotatable bonds is 3. The highest BCUT2D eigenvalue weighted by Gasteiger charge is 2.08. The van der Waals surface area contributed by atoms with Gasteiger partial charge in [-0.2, -0.15) is 4.98 Å². The molecule has 2 aromatic rings. The van der Waals surface area contributed by atoms with Gasteiger partial charge in [-0.15, -0.1) is 0 Å². The topological polar surface area (TPSA) is 73.1 Å². The van der Waals surface area contributed by atoms with Gasteiger partial charge >= 0.3 is 0 Å². The van der Waals surface area contributed by atoms with Crippen LogP contribution >= 0.6 is 0 Å². The molecule has 1 aromatic carbocycles. The molecular formula is C12H14N4O. The van der Waals surface area contributed by atoms with Gasteiger partial charge in [-0.3, -0.25) is 0 Å². The molecule has 0 atom stereocenters. The maximum absolute atomic E-state index is 5.86. The Kier molecular flexibility index (Phi) is 3.09. The van der Waals surface area contributed by atoms with E-state index in [1.165, 1.54) is 11.9 Å². The van der Waals surface area contributed by atoms with Crippen molar-refractivity contribution in [3.63, 3.8) is 0 Å². The van der Waals surface area contributed by atoms with Crippen LogP contribution in [0.2, 0.25) is 0 Å². The fraction of sp³-hybridized carbons (Fsp3) is 0.167. The second-order valence-electron chi connectivity index (χ2n) is 3.61. The van der Waals surface area contributed by atoms with Crippen LogP contribution in [0.25, 0.3) is 0 Å². The van der Waals surface area contributed by atoms with E-state index in [4.69, 9.17) is 10.5 Å². The molecule has 5 nitrogen and oxygen atoms in total. The van der Waals surface area contributed by atoms with Crippen molar-refractivity contribution < 1.29 is 4.74 Å². The van der Waals surface area contributed by atoms with Gasteiger partial charge in [0.05, 0.1) is 0 Å². The highest BCUT2D eigenvalue weighted by molar-refractivity contribution is 5.66. The van der Waals surface area contributed by atoms with Gasteiger partial charge in [0.1, 0.15) is 17.8 Å². The Morgan fingerprint density at radius 3 is 2.53 bits per heavy atom. The van der Waals surface area contributed by atoms with Crippen molar-refractivity contribution in [2.24, 2.45) is 0 Å². The third-order valence-electron chi connectivity index (χ3n) is 2.32. The highest BCUT2D eigenvalue weighted by atomic mass is 16.5. The first-order valence-electron chi connectivity index (χ1n) is 5.23. The van der Waals surface area contributed by atoms with E-state index in [1.807, 2.05) is 31.2 Å². The quantitative estimate of drug-likeness (QED) is 0.845. The molecule has 0 amide bonds. The minimum Gasteiger partial charge on any atom is -0.437 e. The fourth-order valence-electron chi connectivity index (χ4n) is 1.38. The van der Waals surface area contributed by atoms with Gasteiger partial charge in [0.2, 0.25) is 5.88 Å². The van der Waals surface area contributed by atoms with Crippen molar-refractivity contribution in [2.45, 2.75) is 6.92 Å². The minimum atomic E-state index is 0.355. The number of benzene rings is 1. The van der Waals surface area contributed by atoms with Crippen LogP contribution < -0.4 is 15.8 Å². The number of nitrogens with zero attached hydrogens (tertiary/aromatic N) is 2. The molecule has 0 saturated heterocycles. The zero-order valence-electron chi connectivity index (χ0n) is 9.77. The average Bonchev–Trinajstić information content (AvgIpc) is 2.35. The first-order valence-corrected chi connectivity index (χ1v) is 5.23. The molecule has 2 rings (SSSR count). The van der Waals surface area contributed by atoms with Crippen LogP contribution in [-0.4, -0.2) is 17.0 Å². The summed E-state index contributed by atoms with van der Waals surface area (Å²) < 4.78 is 5.59. The lowest BCUT2D eigenvalue weighted by molar-refractivity contribution is 0.464. The van der Waals surface area contributed by atoms with Gasteiger partial charge in [-0.25, -0.2) is 4.98 Å². The second-order valence-corrected chi connectivity index (χ2v) is 3.61. The minimum absolute atomic E-state index is 0.355. The Morgan fingerprint density at radius 2 is 1.88 bits per heavy atom. The molecule has 0 aliphatic rings. The van der Waals surface area contributed by atoms with Crippen molar-refractivity contribution in [2.75, 3.05) is 18.1 Å². The first kappa shape index (κ1) is 11.2. The van der Waals surface area contributed by atoms with Crippen LogP contribution in [0.1, 0.15) is 5.56 Å². The predicted octanol–water partition coefficient (Wildman–Crippen LogP) is 2.20. The molecule has 0 aliphatic heterocycles. The summed E-state index contributed by atoms with van der Waals surface area (Å²) >= 11 is 0. The summed E-state index contributed by atoms with van der Waals surface area (Å²) in [5.74, 6) is 1.61. The second kappa shape index (κ2) is 4.69. The van der Waals surface area contributed by atoms with E-state index in [-0.39, 0.29) is 0 Å². The summed E-state index contributed by atoms with van der Waals surface area (Å²) in [7, 11) is 1.74. The first-order chi connectivity index (χ1) is 8.20. The lowest BCUT2D eigenvalue weighted by Crippen LogP contribution is -2.02. The summed E-state index contributed by atoms with van der Waals surface area (Å²) in [6.07, 6.45) is 1.41. The van der Waals surface area contributed by atoms with Crippen LogP contribution in [0.15, 0.2) is 30.6 Å². The van der Waals surface area contributed by atoms with E-state index in [0.29, 0.717) is 23.1 Å². The molecular weight excluding hydrogens is 216 g/mol. The van der Waals surface area contributed by atoms with Crippen molar-refractivity contribution in [3.8, 4) is 11.6 Å². The van der Waals surface area contributed by atoms with Crippen LogP contribution in [0, 0.1) is 6.92 Å². The predicted molar refractivity (Wildman–Crippen MR) is 67.2 cm³/mol. The van der Waals surface area contributed by atoms with Crippen LogP contribution in [-0.2, 0) is 0 Å². The van der Waals surface area contributed by atoms with Gasteiger partial charge in [0.25, 0.3) is 0 Å². The van der Waals surface area contributed by atoms with Crippen molar-refractivity contribution in [1.82, 2.24) is 9.97 Å². The Hall–Kier alpha value is -2.30. The highest BCUT2D eigenvalue weighted by Crippen LogP contribution is 2.28. The molecule has 3 N–H and O–H groups in total. The molecule has 0 unspecified atom stereocenters. The molecule has 0 spiro atoms. The Bertz CT molecular complexity index is 510.